The number of aryl methyl sites for hydroxylation is 1. The second kappa shape index (κ2) is 8.12. The van der Waals surface area contributed by atoms with Crippen LogP contribution in [0.3, 0.4) is 0 Å². The summed E-state index contributed by atoms with van der Waals surface area (Å²) >= 11 is 0. The molecule has 0 saturated heterocycles. The Morgan fingerprint density at radius 3 is 2.81 bits per heavy atom. The van der Waals surface area contributed by atoms with Gasteiger partial charge in [0.2, 0.25) is 5.88 Å². The number of nitrogens with zero attached hydrogens (tertiary/aromatic N) is 4. The first-order chi connectivity index (χ1) is 12.8. The van der Waals surface area contributed by atoms with E-state index in [9.17, 15) is 0 Å². The summed E-state index contributed by atoms with van der Waals surface area (Å²) in [5, 5.41) is 0. The van der Waals surface area contributed by atoms with Crippen LogP contribution in [0, 0.1) is 0 Å². The van der Waals surface area contributed by atoms with E-state index in [4.69, 9.17) is 9.72 Å². The van der Waals surface area contributed by atoms with Crippen LogP contribution in [-0.4, -0.2) is 32.5 Å². The van der Waals surface area contributed by atoms with E-state index in [1.165, 1.54) is 42.5 Å². The van der Waals surface area contributed by atoms with Gasteiger partial charge in [-0.1, -0.05) is 13.0 Å². The van der Waals surface area contributed by atoms with Gasteiger partial charge in [0.1, 0.15) is 11.9 Å². The Morgan fingerprint density at radius 1 is 1.15 bits per heavy atom. The minimum atomic E-state index is 0.365. The van der Waals surface area contributed by atoms with Crippen molar-refractivity contribution in [3.8, 4) is 5.88 Å². The average Bonchev–Trinajstić information content (AvgIpc) is 3.17. The second-order valence-electron chi connectivity index (χ2n) is 7.50. The van der Waals surface area contributed by atoms with E-state index in [1.54, 1.807) is 0 Å². The van der Waals surface area contributed by atoms with E-state index in [1.807, 2.05) is 18.5 Å². The Kier molecular flexibility index (Phi) is 5.44. The molecule has 26 heavy (non-hydrogen) atoms. The fraction of sp³-hybridized carbons (Fsp3) is 0.571. The average molecular weight is 352 g/mol. The largest absolute Gasteiger partial charge is 0.474 e. The minimum Gasteiger partial charge on any atom is -0.474 e. The molecule has 0 spiro atoms. The van der Waals surface area contributed by atoms with E-state index in [0.29, 0.717) is 6.10 Å². The van der Waals surface area contributed by atoms with Gasteiger partial charge in [-0.3, -0.25) is 4.90 Å². The topological polar surface area (TPSA) is 51.1 Å². The summed E-state index contributed by atoms with van der Waals surface area (Å²) in [4.78, 5) is 16.2. The monoisotopic (exact) mass is 352 g/mol. The van der Waals surface area contributed by atoms with Gasteiger partial charge in [-0.25, -0.2) is 15.0 Å². The fourth-order valence-corrected chi connectivity index (χ4v) is 3.90. The van der Waals surface area contributed by atoms with Crippen LogP contribution in [0.25, 0.3) is 0 Å². The third-order valence-corrected chi connectivity index (χ3v) is 5.33. The van der Waals surface area contributed by atoms with E-state index in [-0.39, 0.29) is 0 Å². The number of fused-ring (bicyclic) bond motifs is 1. The summed E-state index contributed by atoms with van der Waals surface area (Å²) < 4.78 is 5.96. The lowest BCUT2D eigenvalue weighted by atomic mass is 10.1. The minimum absolute atomic E-state index is 0.365. The fourth-order valence-electron chi connectivity index (χ4n) is 3.90. The van der Waals surface area contributed by atoms with Gasteiger partial charge in [0, 0.05) is 62.2 Å². The molecule has 0 bridgehead atoms. The van der Waals surface area contributed by atoms with Crippen molar-refractivity contribution in [1.82, 2.24) is 19.9 Å². The molecule has 3 heterocycles. The molecule has 0 radical (unpaired) electrons. The highest BCUT2D eigenvalue weighted by atomic mass is 16.5. The maximum Gasteiger partial charge on any atom is 0.213 e. The second-order valence-corrected chi connectivity index (χ2v) is 7.50. The van der Waals surface area contributed by atoms with Crippen LogP contribution in [-0.2, 0) is 25.9 Å². The molecular formula is C21H28N4O. The molecule has 0 aromatic carbocycles. The van der Waals surface area contributed by atoms with Gasteiger partial charge >= 0.3 is 0 Å². The Hall–Kier alpha value is -2.01. The van der Waals surface area contributed by atoms with Gasteiger partial charge in [-0.15, -0.1) is 0 Å². The molecule has 1 aliphatic heterocycles. The Balaban J connectivity index is 1.34. The molecule has 0 amide bonds. The van der Waals surface area contributed by atoms with Crippen molar-refractivity contribution in [2.75, 3.05) is 6.54 Å². The number of rotatable bonds is 6. The van der Waals surface area contributed by atoms with Crippen molar-refractivity contribution in [3.05, 3.63) is 47.2 Å². The summed E-state index contributed by atoms with van der Waals surface area (Å²) in [5.41, 5.74) is 3.74. The standard InChI is InChI=1S/C21H28N4O/c1-2-5-20-22-13-17-15-25(11-10-19(17)24-20)14-16-8-9-21(23-12-16)26-18-6-3-4-7-18/h8-9,12-13,18H,2-7,10-11,14-15H2,1H3. The maximum atomic E-state index is 5.96. The van der Waals surface area contributed by atoms with Crippen LogP contribution in [0.4, 0.5) is 0 Å². The molecular weight excluding hydrogens is 324 g/mol. The van der Waals surface area contributed by atoms with Gasteiger partial charge in [-0.2, -0.15) is 0 Å². The summed E-state index contributed by atoms with van der Waals surface area (Å²) in [6.07, 6.45) is 12.3. The lowest BCUT2D eigenvalue weighted by Crippen LogP contribution is -2.31. The van der Waals surface area contributed by atoms with E-state index >= 15 is 0 Å². The van der Waals surface area contributed by atoms with E-state index in [2.05, 4.69) is 27.9 Å². The van der Waals surface area contributed by atoms with Crippen molar-refractivity contribution < 1.29 is 4.74 Å². The number of hydrogen-bond acceptors (Lipinski definition) is 5. The molecule has 2 aliphatic rings. The van der Waals surface area contributed by atoms with Crippen molar-refractivity contribution >= 4 is 0 Å². The summed E-state index contributed by atoms with van der Waals surface area (Å²) in [6.45, 7) is 5.04. The zero-order valence-electron chi connectivity index (χ0n) is 15.7. The molecule has 2 aromatic rings. The molecule has 5 heteroatoms. The molecule has 0 atom stereocenters. The van der Waals surface area contributed by atoms with Crippen LogP contribution in [0.1, 0.15) is 61.7 Å². The van der Waals surface area contributed by atoms with Crippen LogP contribution >= 0.6 is 0 Å². The van der Waals surface area contributed by atoms with E-state index in [0.717, 1.165) is 50.6 Å². The molecule has 4 rings (SSSR count). The van der Waals surface area contributed by atoms with Crippen molar-refractivity contribution in [1.29, 1.82) is 0 Å². The Labute approximate surface area is 155 Å². The normalized spacial score (nSPS) is 18.0. The van der Waals surface area contributed by atoms with Gasteiger partial charge in [0.05, 0.1) is 0 Å². The molecule has 138 valence electrons. The molecule has 1 aliphatic carbocycles. The number of ether oxygens (including phenoxy) is 1. The van der Waals surface area contributed by atoms with Crippen molar-refractivity contribution in [2.24, 2.45) is 0 Å². The zero-order valence-corrected chi connectivity index (χ0v) is 15.7. The van der Waals surface area contributed by atoms with Crippen LogP contribution < -0.4 is 4.74 Å². The summed E-state index contributed by atoms with van der Waals surface area (Å²) in [6, 6.07) is 4.17. The first-order valence-corrected chi connectivity index (χ1v) is 9.98. The number of pyridine rings is 1. The highest BCUT2D eigenvalue weighted by Crippen LogP contribution is 2.23. The van der Waals surface area contributed by atoms with Gasteiger partial charge in [0.25, 0.3) is 0 Å². The van der Waals surface area contributed by atoms with Crippen LogP contribution in [0.15, 0.2) is 24.5 Å². The molecule has 2 aromatic heterocycles. The molecule has 5 nitrogen and oxygen atoms in total. The van der Waals surface area contributed by atoms with Gasteiger partial charge < -0.3 is 4.74 Å². The van der Waals surface area contributed by atoms with Gasteiger partial charge in [-0.05, 0) is 37.7 Å². The predicted molar refractivity (Wildman–Crippen MR) is 101 cm³/mol. The molecule has 1 saturated carbocycles. The van der Waals surface area contributed by atoms with Crippen LogP contribution in [0.5, 0.6) is 5.88 Å². The third kappa shape index (κ3) is 4.21. The van der Waals surface area contributed by atoms with Crippen LogP contribution in [0.2, 0.25) is 0 Å². The lowest BCUT2D eigenvalue weighted by molar-refractivity contribution is 0.201. The Bertz CT molecular complexity index is 725. The van der Waals surface area contributed by atoms with Crippen molar-refractivity contribution in [2.45, 2.75) is 71.1 Å². The molecule has 1 fully saturated rings. The third-order valence-electron chi connectivity index (χ3n) is 5.33. The Morgan fingerprint density at radius 2 is 2.04 bits per heavy atom. The highest BCUT2D eigenvalue weighted by Gasteiger charge is 2.19. The number of hydrogen-bond donors (Lipinski definition) is 0. The summed E-state index contributed by atoms with van der Waals surface area (Å²) in [5.74, 6) is 1.75. The first kappa shape index (κ1) is 17.4. The lowest BCUT2D eigenvalue weighted by Gasteiger charge is -2.28. The molecule has 0 unspecified atom stereocenters. The maximum absolute atomic E-state index is 5.96. The quantitative estimate of drug-likeness (QED) is 0.793. The molecule has 0 N–H and O–H groups in total. The van der Waals surface area contributed by atoms with Crippen molar-refractivity contribution in [3.63, 3.8) is 0 Å². The highest BCUT2D eigenvalue weighted by molar-refractivity contribution is 5.22. The summed E-state index contributed by atoms with van der Waals surface area (Å²) in [7, 11) is 0. The number of aromatic nitrogens is 3. The predicted octanol–water partition coefficient (Wildman–Crippen LogP) is 3.70. The smallest absolute Gasteiger partial charge is 0.213 e. The first-order valence-electron chi connectivity index (χ1n) is 9.98. The zero-order chi connectivity index (χ0) is 17.8. The SMILES string of the molecule is CCCc1ncc2c(n1)CCN(Cc1ccc(OC3CCCC3)nc1)C2. The van der Waals surface area contributed by atoms with E-state index < -0.39 is 0 Å². The van der Waals surface area contributed by atoms with Gasteiger partial charge in [0.15, 0.2) is 0 Å².